The smallest absolute Gasteiger partial charge is 0.341 e. The Balaban J connectivity index is 1.80. The van der Waals surface area contributed by atoms with Gasteiger partial charge in [0.1, 0.15) is 21.1 Å². The number of aryl methyl sites for hydroxylation is 1. The number of rotatable bonds is 6. The molecule has 0 unspecified atom stereocenters. The Hall–Kier alpha value is -2.43. The molecule has 0 spiro atoms. The Kier molecular flexibility index (Phi) is 6.79. The predicted molar refractivity (Wildman–Crippen MR) is 122 cm³/mol. The van der Waals surface area contributed by atoms with Crippen LogP contribution in [-0.4, -0.2) is 39.7 Å². The number of carbonyl (C=O) groups excluding carboxylic acids is 3. The quantitative estimate of drug-likeness (QED) is 0.386. The minimum atomic E-state index is -0.863. The van der Waals surface area contributed by atoms with Crippen molar-refractivity contribution in [3.63, 3.8) is 0 Å². The van der Waals surface area contributed by atoms with Crippen LogP contribution in [0.5, 0.6) is 0 Å². The summed E-state index contributed by atoms with van der Waals surface area (Å²) in [4.78, 5) is 40.6. The molecule has 1 aliphatic heterocycles. The Morgan fingerprint density at radius 2 is 2.13 bits per heavy atom. The SMILES string of the molecule is CCOC(=O)c1c(NC(=O)[C@H](C)N2C(=O)/C(=C\c3ccco3)SC2=S)sc(C)c1C. The van der Waals surface area contributed by atoms with E-state index >= 15 is 0 Å². The summed E-state index contributed by atoms with van der Waals surface area (Å²) in [6.45, 7) is 7.21. The van der Waals surface area contributed by atoms with E-state index in [0.717, 1.165) is 22.2 Å². The number of anilines is 1. The van der Waals surface area contributed by atoms with Gasteiger partial charge in [0, 0.05) is 11.0 Å². The zero-order valence-corrected chi connectivity index (χ0v) is 19.3. The van der Waals surface area contributed by atoms with Crippen molar-refractivity contribution in [1.82, 2.24) is 4.90 Å². The van der Waals surface area contributed by atoms with E-state index in [2.05, 4.69) is 5.32 Å². The molecule has 7 nitrogen and oxygen atoms in total. The van der Waals surface area contributed by atoms with Crippen molar-refractivity contribution in [3.8, 4) is 0 Å². The second-order valence-electron chi connectivity index (χ2n) is 6.44. The number of nitrogens with one attached hydrogen (secondary N) is 1. The lowest BCUT2D eigenvalue weighted by molar-refractivity contribution is -0.129. The lowest BCUT2D eigenvalue weighted by Crippen LogP contribution is -2.44. The van der Waals surface area contributed by atoms with Crippen LogP contribution >= 0.6 is 35.3 Å². The lowest BCUT2D eigenvalue weighted by atomic mass is 10.1. The summed E-state index contributed by atoms with van der Waals surface area (Å²) in [5.74, 6) is -0.781. The topological polar surface area (TPSA) is 88.9 Å². The van der Waals surface area contributed by atoms with Gasteiger partial charge in [-0.15, -0.1) is 11.3 Å². The van der Waals surface area contributed by atoms with Crippen molar-refractivity contribution in [2.45, 2.75) is 33.7 Å². The largest absolute Gasteiger partial charge is 0.465 e. The van der Waals surface area contributed by atoms with Crippen LogP contribution < -0.4 is 5.32 Å². The third-order valence-electron chi connectivity index (χ3n) is 4.51. The molecule has 1 aliphatic rings. The summed E-state index contributed by atoms with van der Waals surface area (Å²) in [5, 5.41) is 3.17. The van der Waals surface area contributed by atoms with Crippen LogP contribution in [0.3, 0.4) is 0 Å². The van der Waals surface area contributed by atoms with E-state index in [1.165, 1.54) is 22.5 Å². The Labute approximate surface area is 187 Å². The molecule has 2 aromatic rings. The minimum absolute atomic E-state index is 0.232. The first kappa shape index (κ1) is 22.3. The Morgan fingerprint density at radius 1 is 1.40 bits per heavy atom. The average Bonchev–Trinajstić information content (AvgIpc) is 3.36. The number of carbonyl (C=O) groups is 3. The first-order chi connectivity index (χ1) is 14.2. The second kappa shape index (κ2) is 9.15. The molecule has 0 saturated carbocycles. The third kappa shape index (κ3) is 4.35. The molecular weight excluding hydrogens is 444 g/mol. The van der Waals surface area contributed by atoms with Crippen LogP contribution in [0.15, 0.2) is 27.7 Å². The Bertz CT molecular complexity index is 1040. The van der Waals surface area contributed by atoms with Gasteiger partial charge in [-0.25, -0.2) is 4.79 Å². The standard InChI is InChI=1S/C20H20N2O5S3/c1-5-26-19(25)15-10(2)12(4)29-17(15)21-16(23)11(3)22-18(24)14(30-20(22)28)9-13-7-6-8-27-13/h6-9,11H,5H2,1-4H3,(H,21,23)/b14-9+/t11-/m0/s1. The summed E-state index contributed by atoms with van der Waals surface area (Å²) in [7, 11) is 0. The van der Waals surface area contributed by atoms with Gasteiger partial charge >= 0.3 is 5.97 Å². The van der Waals surface area contributed by atoms with Crippen LogP contribution in [0, 0.1) is 13.8 Å². The number of nitrogens with zero attached hydrogens (tertiary/aromatic N) is 1. The van der Waals surface area contributed by atoms with Crippen LogP contribution in [0.2, 0.25) is 0 Å². The van der Waals surface area contributed by atoms with Crippen LogP contribution in [0.1, 0.15) is 40.4 Å². The lowest BCUT2D eigenvalue weighted by Gasteiger charge is -2.22. The highest BCUT2D eigenvalue weighted by Crippen LogP contribution is 2.36. The zero-order chi connectivity index (χ0) is 22.0. The molecule has 1 atom stereocenters. The first-order valence-electron chi connectivity index (χ1n) is 9.13. The molecular formula is C20H20N2O5S3. The van der Waals surface area contributed by atoms with Gasteiger partial charge in [-0.2, -0.15) is 0 Å². The number of furan rings is 1. The molecule has 2 aromatic heterocycles. The summed E-state index contributed by atoms with van der Waals surface area (Å²) in [5.41, 5.74) is 1.09. The maximum absolute atomic E-state index is 12.9. The van der Waals surface area contributed by atoms with E-state index in [9.17, 15) is 14.4 Å². The summed E-state index contributed by atoms with van der Waals surface area (Å²) >= 11 is 7.72. The minimum Gasteiger partial charge on any atom is -0.465 e. The van der Waals surface area contributed by atoms with Gasteiger partial charge in [0.15, 0.2) is 0 Å². The van der Waals surface area contributed by atoms with E-state index in [1.54, 1.807) is 39.0 Å². The van der Waals surface area contributed by atoms with Gasteiger partial charge in [0.25, 0.3) is 5.91 Å². The highest BCUT2D eigenvalue weighted by molar-refractivity contribution is 8.26. The number of ether oxygens (including phenoxy) is 1. The number of thiophene rings is 1. The van der Waals surface area contributed by atoms with Crippen molar-refractivity contribution in [3.05, 3.63) is 45.1 Å². The van der Waals surface area contributed by atoms with Gasteiger partial charge < -0.3 is 14.5 Å². The molecule has 1 saturated heterocycles. The molecule has 3 heterocycles. The summed E-state index contributed by atoms with van der Waals surface area (Å²) in [6, 6.07) is 2.58. The average molecular weight is 465 g/mol. The third-order valence-corrected chi connectivity index (χ3v) is 6.96. The van der Waals surface area contributed by atoms with Crippen molar-refractivity contribution in [2.75, 3.05) is 11.9 Å². The zero-order valence-electron chi connectivity index (χ0n) is 16.8. The Morgan fingerprint density at radius 3 is 2.77 bits per heavy atom. The number of thiocarbonyl (C=S) groups is 1. The van der Waals surface area contributed by atoms with E-state index < -0.39 is 17.9 Å². The van der Waals surface area contributed by atoms with Crippen molar-refractivity contribution >= 4 is 68.5 Å². The summed E-state index contributed by atoms with van der Waals surface area (Å²) in [6.07, 6.45) is 3.10. The number of thioether (sulfide) groups is 1. The molecule has 0 radical (unpaired) electrons. The van der Waals surface area contributed by atoms with Crippen molar-refractivity contribution < 1.29 is 23.5 Å². The van der Waals surface area contributed by atoms with Crippen LogP contribution in [-0.2, 0) is 14.3 Å². The molecule has 10 heteroatoms. The van der Waals surface area contributed by atoms with E-state index in [0.29, 0.717) is 21.2 Å². The normalized spacial score (nSPS) is 16.3. The molecule has 0 aliphatic carbocycles. The van der Waals surface area contributed by atoms with Crippen LogP contribution in [0.25, 0.3) is 6.08 Å². The number of hydrogen-bond acceptors (Lipinski definition) is 8. The van der Waals surface area contributed by atoms with Gasteiger partial charge in [-0.3, -0.25) is 14.5 Å². The maximum atomic E-state index is 12.9. The van der Waals surface area contributed by atoms with E-state index in [4.69, 9.17) is 21.4 Å². The van der Waals surface area contributed by atoms with E-state index in [1.807, 2.05) is 6.92 Å². The first-order valence-corrected chi connectivity index (χ1v) is 11.2. The summed E-state index contributed by atoms with van der Waals surface area (Å²) < 4.78 is 10.6. The second-order valence-corrected chi connectivity index (χ2v) is 9.34. The molecule has 0 aromatic carbocycles. The predicted octanol–water partition coefficient (Wildman–Crippen LogP) is 4.36. The highest BCUT2D eigenvalue weighted by atomic mass is 32.2. The van der Waals surface area contributed by atoms with Crippen molar-refractivity contribution in [2.24, 2.45) is 0 Å². The molecule has 1 N–H and O–H groups in total. The highest BCUT2D eigenvalue weighted by Gasteiger charge is 2.38. The molecule has 1 fully saturated rings. The number of esters is 1. The fourth-order valence-electron chi connectivity index (χ4n) is 2.81. The monoisotopic (exact) mass is 464 g/mol. The molecule has 158 valence electrons. The van der Waals surface area contributed by atoms with Gasteiger partial charge in [0.2, 0.25) is 5.91 Å². The molecule has 0 bridgehead atoms. The van der Waals surface area contributed by atoms with E-state index in [-0.39, 0.29) is 16.8 Å². The fraction of sp³-hybridized carbons (Fsp3) is 0.300. The molecule has 2 amide bonds. The van der Waals surface area contributed by atoms with Gasteiger partial charge in [-0.05, 0) is 45.4 Å². The molecule has 3 rings (SSSR count). The maximum Gasteiger partial charge on any atom is 0.341 e. The van der Waals surface area contributed by atoms with Crippen LogP contribution in [0.4, 0.5) is 5.00 Å². The molecule has 30 heavy (non-hydrogen) atoms. The number of amides is 2. The fourth-order valence-corrected chi connectivity index (χ4v) is 5.26. The van der Waals surface area contributed by atoms with Crippen molar-refractivity contribution in [1.29, 1.82) is 0 Å². The van der Waals surface area contributed by atoms with Gasteiger partial charge in [0.05, 0.1) is 23.3 Å². The van der Waals surface area contributed by atoms with Gasteiger partial charge in [-0.1, -0.05) is 24.0 Å². The number of hydrogen-bond donors (Lipinski definition) is 1.